The number of rotatable bonds is 0. The standard InChI is InChI=1S/Cu.H4O4Si.V/c;1-5(2,3)4;/h;1-4H;. The molecule has 0 rings (SSSR count). The van der Waals surface area contributed by atoms with Crippen LogP contribution in [-0.4, -0.2) is 28.2 Å². The topological polar surface area (TPSA) is 80.9 Å². The SMILES string of the molecule is O[Si](O)(O)O.[Cu].[V]. The van der Waals surface area contributed by atoms with E-state index in [0.717, 1.165) is 0 Å². The van der Waals surface area contributed by atoms with E-state index in [1.807, 2.05) is 0 Å². The van der Waals surface area contributed by atoms with Gasteiger partial charge in [0.1, 0.15) is 0 Å². The van der Waals surface area contributed by atoms with Gasteiger partial charge in [0.25, 0.3) is 0 Å². The van der Waals surface area contributed by atoms with Crippen molar-refractivity contribution in [2.24, 2.45) is 0 Å². The third-order valence-corrected chi connectivity index (χ3v) is 0. The largest absolute Gasteiger partial charge is 0.668 e. The van der Waals surface area contributed by atoms with E-state index in [1.54, 1.807) is 0 Å². The van der Waals surface area contributed by atoms with Crippen molar-refractivity contribution in [3.8, 4) is 0 Å². The molecule has 0 aliphatic heterocycles. The van der Waals surface area contributed by atoms with Crippen LogP contribution in [0.2, 0.25) is 0 Å². The van der Waals surface area contributed by atoms with Gasteiger partial charge in [-0.05, 0) is 0 Å². The second-order valence-electron chi connectivity index (χ2n) is 0.600. The van der Waals surface area contributed by atoms with E-state index in [9.17, 15) is 0 Å². The molecule has 4 nitrogen and oxygen atoms in total. The molecular weight excluding hydrogens is 207 g/mol. The quantitative estimate of drug-likeness (QED) is 0.330. The molecule has 0 bridgehead atoms. The zero-order valence-corrected chi connectivity index (χ0v) is 6.38. The first-order valence-corrected chi connectivity index (χ1v) is 2.68. The van der Waals surface area contributed by atoms with Gasteiger partial charge in [-0.2, -0.15) is 0 Å². The Hall–Kier alpha value is 1.16. The van der Waals surface area contributed by atoms with E-state index in [-0.39, 0.29) is 35.6 Å². The summed E-state index contributed by atoms with van der Waals surface area (Å²) in [6.45, 7) is 0. The molecule has 0 amide bonds. The average Bonchev–Trinajstić information content (AvgIpc) is 0.722. The maximum Gasteiger partial charge on any atom is 0.668 e. The molecule has 0 aromatic carbocycles. The molecule has 0 aliphatic rings. The molecule has 0 aliphatic carbocycles. The Morgan fingerprint density at radius 1 is 0.857 bits per heavy atom. The van der Waals surface area contributed by atoms with Crippen LogP contribution in [0, 0.1) is 0 Å². The Morgan fingerprint density at radius 2 is 0.857 bits per heavy atom. The van der Waals surface area contributed by atoms with Crippen molar-refractivity contribution in [2.45, 2.75) is 0 Å². The summed E-state index contributed by atoms with van der Waals surface area (Å²) in [5.74, 6) is 0. The summed E-state index contributed by atoms with van der Waals surface area (Å²) < 4.78 is 0. The fraction of sp³-hybridized carbons (Fsp3) is 0. The van der Waals surface area contributed by atoms with E-state index in [1.165, 1.54) is 0 Å². The Balaban J connectivity index is -0.0000000800. The van der Waals surface area contributed by atoms with Gasteiger partial charge in [0, 0.05) is 35.6 Å². The van der Waals surface area contributed by atoms with E-state index in [0.29, 0.717) is 0 Å². The van der Waals surface area contributed by atoms with E-state index in [4.69, 9.17) is 19.2 Å². The molecule has 0 atom stereocenters. The van der Waals surface area contributed by atoms with Gasteiger partial charge in [-0.25, -0.2) is 0 Å². The van der Waals surface area contributed by atoms with Crippen LogP contribution in [-0.2, 0) is 35.6 Å². The minimum Gasteiger partial charge on any atom is -0.368 e. The predicted molar refractivity (Wildman–Crippen MR) is 14.6 cm³/mol. The zero-order chi connectivity index (χ0) is 4.50. The fourth-order valence-corrected chi connectivity index (χ4v) is 0. The van der Waals surface area contributed by atoms with E-state index in [2.05, 4.69) is 0 Å². The molecule has 0 heterocycles. The molecule has 0 aromatic heterocycles. The van der Waals surface area contributed by atoms with Crippen LogP contribution in [0.3, 0.4) is 0 Å². The second-order valence-corrected chi connectivity index (χ2v) is 1.80. The van der Waals surface area contributed by atoms with Gasteiger partial charge in [-0.15, -0.1) is 0 Å². The van der Waals surface area contributed by atoms with Crippen LogP contribution in [0.1, 0.15) is 0 Å². The number of hydrogen-bond donors (Lipinski definition) is 4. The third kappa shape index (κ3) is 142. The van der Waals surface area contributed by atoms with Crippen LogP contribution in [0.5, 0.6) is 0 Å². The maximum atomic E-state index is 7.33. The molecule has 0 saturated heterocycles. The van der Waals surface area contributed by atoms with Crippen molar-refractivity contribution in [1.29, 1.82) is 0 Å². The second kappa shape index (κ2) is 5.30. The van der Waals surface area contributed by atoms with E-state index < -0.39 is 9.05 Å². The van der Waals surface area contributed by atoms with Crippen molar-refractivity contribution in [3.63, 3.8) is 0 Å². The molecule has 4 N–H and O–H groups in total. The monoisotopic (exact) mass is 210 g/mol. The molecule has 0 aromatic rings. The van der Waals surface area contributed by atoms with Gasteiger partial charge in [0.05, 0.1) is 0 Å². The van der Waals surface area contributed by atoms with E-state index >= 15 is 0 Å². The Labute approximate surface area is 64.0 Å². The first-order valence-electron chi connectivity index (χ1n) is 0.894. The van der Waals surface area contributed by atoms with Crippen molar-refractivity contribution in [3.05, 3.63) is 0 Å². The maximum absolute atomic E-state index is 7.33. The fourth-order valence-electron chi connectivity index (χ4n) is 0. The Morgan fingerprint density at radius 3 is 0.857 bits per heavy atom. The van der Waals surface area contributed by atoms with Crippen molar-refractivity contribution < 1.29 is 54.8 Å². The summed E-state index contributed by atoms with van der Waals surface area (Å²) in [7, 11) is -4.61. The summed E-state index contributed by atoms with van der Waals surface area (Å²) in [5, 5.41) is 0. The number of hydrogen-bond acceptors (Lipinski definition) is 4. The smallest absolute Gasteiger partial charge is 0.368 e. The molecule has 0 saturated carbocycles. The zero-order valence-electron chi connectivity index (χ0n) is 3.04. The molecule has 7 heavy (non-hydrogen) atoms. The third-order valence-electron chi connectivity index (χ3n) is 0. The van der Waals surface area contributed by atoms with Gasteiger partial charge in [0.15, 0.2) is 0 Å². The molecule has 0 unspecified atom stereocenters. The summed E-state index contributed by atoms with van der Waals surface area (Å²) >= 11 is 0. The van der Waals surface area contributed by atoms with Crippen molar-refractivity contribution in [2.75, 3.05) is 0 Å². The molecule has 48 valence electrons. The summed E-state index contributed by atoms with van der Waals surface area (Å²) in [6, 6.07) is 0. The normalized spacial score (nSPS) is 8.57. The van der Waals surface area contributed by atoms with Crippen LogP contribution in [0.25, 0.3) is 0 Å². The van der Waals surface area contributed by atoms with Gasteiger partial charge < -0.3 is 19.2 Å². The van der Waals surface area contributed by atoms with Crippen molar-refractivity contribution in [1.82, 2.24) is 0 Å². The molecule has 7 heteroatoms. The summed E-state index contributed by atoms with van der Waals surface area (Å²) in [4.78, 5) is 29.3. The van der Waals surface area contributed by atoms with Crippen LogP contribution in [0.4, 0.5) is 0 Å². The molecular formula is H4CuO4SiV. The molecule has 0 spiro atoms. The minimum atomic E-state index is -4.61. The van der Waals surface area contributed by atoms with Crippen molar-refractivity contribution >= 4 is 9.05 Å². The predicted octanol–water partition coefficient (Wildman–Crippen LogP) is -2.61. The average molecular weight is 211 g/mol. The van der Waals surface area contributed by atoms with Gasteiger partial charge in [0.2, 0.25) is 0 Å². The first kappa shape index (κ1) is 15.7. The first-order chi connectivity index (χ1) is 2.00. The Kier molecular flexibility index (Phi) is 11.9. The van der Waals surface area contributed by atoms with Gasteiger partial charge >= 0.3 is 9.05 Å². The molecule has 0 fully saturated rings. The van der Waals surface area contributed by atoms with Gasteiger partial charge in [-0.3, -0.25) is 0 Å². The van der Waals surface area contributed by atoms with Gasteiger partial charge in [-0.1, -0.05) is 0 Å². The Bertz CT molecular complexity index is 27.2. The van der Waals surface area contributed by atoms with Crippen LogP contribution in [0.15, 0.2) is 0 Å². The van der Waals surface area contributed by atoms with Crippen LogP contribution >= 0.6 is 0 Å². The minimum absolute atomic E-state index is 0. The summed E-state index contributed by atoms with van der Waals surface area (Å²) in [5.41, 5.74) is 0. The molecule has 2 radical (unpaired) electrons. The summed E-state index contributed by atoms with van der Waals surface area (Å²) in [6.07, 6.45) is 0. The van der Waals surface area contributed by atoms with Crippen LogP contribution < -0.4 is 0 Å².